The third-order valence-corrected chi connectivity index (χ3v) is 9.88. The van der Waals surface area contributed by atoms with Crippen LogP contribution >= 0.6 is 0 Å². The molecule has 0 bridgehead atoms. The van der Waals surface area contributed by atoms with E-state index >= 15 is 0 Å². The fourth-order valence-corrected chi connectivity index (χ4v) is 9.28. The molecule has 0 unspecified atom stereocenters. The van der Waals surface area contributed by atoms with Crippen molar-refractivity contribution in [3.8, 4) is 0 Å². The van der Waals surface area contributed by atoms with Crippen LogP contribution in [0.25, 0.3) is 0 Å². The third kappa shape index (κ3) is 3.11. The van der Waals surface area contributed by atoms with Gasteiger partial charge < -0.3 is 4.57 Å². The second-order valence-corrected chi connectivity index (χ2v) is 9.77. The lowest BCUT2D eigenvalue weighted by molar-refractivity contribution is 0.279. The molecule has 104 valence electrons. The van der Waals surface area contributed by atoms with Gasteiger partial charge in [-0.1, -0.05) is 41.5 Å². The van der Waals surface area contributed by atoms with Gasteiger partial charge in [0.05, 0.1) is 0 Å². The molecular weight excluding hydrogens is 226 g/mol. The fourth-order valence-electron chi connectivity index (χ4n) is 3.39. The Bertz CT molecular complexity index is 177. The predicted molar refractivity (Wildman–Crippen MR) is 80.4 cm³/mol. The summed E-state index contributed by atoms with van der Waals surface area (Å²) in [6.45, 7) is 18.5. The first-order valence-corrected chi connectivity index (χ1v) is 9.02. The average molecular weight is 260 g/mol. The van der Waals surface area contributed by atoms with E-state index in [9.17, 15) is 0 Å². The van der Waals surface area contributed by atoms with E-state index < -0.39 is 8.56 Å². The summed E-state index contributed by atoms with van der Waals surface area (Å²) < 4.78 is 7.95. The fraction of sp³-hybridized carbons (Fsp3) is 1.00. The largest absolute Gasteiger partial charge is 0.305 e. The van der Waals surface area contributed by atoms with Crippen LogP contribution in [0, 0.1) is 0 Å². The Hall–Kier alpha value is 0.0969. The van der Waals surface area contributed by atoms with Gasteiger partial charge in [0.15, 0.2) is 0 Å². The van der Waals surface area contributed by atoms with Crippen LogP contribution < -0.4 is 0 Å². The molecule has 0 fully saturated rings. The van der Waals surface area contributed by atoms with Gasteiger partial charge in [-0.05, 0) is 45.8 Å². The van der Waals surface area contributed by atoms with Crippen molar-refractivity contribution in [1.82, 2.24) is 13.7 Å². The second kappa shape index (κ2) is 7.51. The molecule has 4 heteroatoms. The first-order valence-electron chi connectivity index (χ1n) is 7.10. The first kappa shape index (κ1) is 17.1. The van der Waals surface area contributed by atoms with Gasteiger partial charge in [-0.25, -0.2) is 0 Å². The number of rotatable bonds is 8. The zero-order valence-electron chi connectivity index (χ0n) is 13.2. The summed E-state index contributed by atoms with van der Waals surface area (Å²) in [6.07, 6.45) is 0. The number of hydrogen-bond acceptors (Lipinski definition) is 3. The smallest absolute Gasteiger partial charge is 0.291 e. The first-order chi connectivity index (χ1) is 7.93. The zero-order valence-corrected chi connectivity index (χ0v) is 14.2. The normalized spacial score (nSPS) is 13.4. The monoisotopic (exact) mass is 259 g/mol. The Balaban J connectivity index is 5.56. The highest BCUT2D eigenvalue weighted by Crippen LogP contribution is 2.30. The quantitative estimate of drug-likeness (QED) is 0.620. The Labute approximate surface area is 110 Å². The lowest BCUT2D eigenvalue weighted by atomic mass is 10.6. The molecule has 0 aromatic carbocycles. The van der Waals surface area contributed by atoms with Crippen molar-refractivity contribution in [3.63, 3.8) is 0 Å². The van der Waals surface area contributed by atoms with Crippen molar-refractivity contribution in [2.24, 2.45) is 0 Å². The molecule has 0 aliphatic carbocycles. The molecule has 0 saturated heterocycles. The minimum absolute atomic E-state index is 0.706. The Kier molecular flexibility index (Phi) is 7.56. The minimum Gasteiger partial charge on any atom is -0.305 e. The van der Waals surface area contributed by atoms with Crippen LogP contribution in [0.4, 0.5) is 0 Å². The van der Waals surface area contributed by atoms with Gasteiger partial charge >= 0.3 is 0 Å². The molecule has 0 aliphatic heterocycles. The molecule has 0 amide bonds. The van der Waals surface area contributed by atoms with E-state index in [1.165, 1.54) is 0 Å². The highest BCUT2D eigenvalue weighted by Gasteiger charge is 2.49. The summed E-state index contributed by atoms with van der Waals surface area (Å²) in [5.41, 5.74) is 0.706. The Morgan fingerprint density at radius 1 is 0.765 bits per heavy atom. The maximum Gasteiger partial charge on any atom is 0.291 e. The topological polar surface area (TPSA) is 9.72 Å². The number of nitrogens with zero attached hydrogens (tertiary/aromatic N) is 3. The summed E-state index contributed by atoms with van der Waals surface area (Å²) in [6, 6.07) is 0. The van der Waals surface area contributed by atoms with Crippen LogP contribution in [0.5, 0.6) is 0 Å². The van der Waals surface area contributed by atoms with Crippen LogP contribution in [0.1, 0.15) is 41.5 Å². The predicted octanol–water partition coefficient (Wildman–Crippen LogP) is 2.58. The molecule has 17 heavy (non-hydrogen) atoms. The summed E-state index contributed by atoms with van der Waals surface area (Å²) in [5.74, 6) is 0. The van der Waals surface area contributed by atoms with Crippen molar-refractivity contribution in [2.45, 2.75) is 47.1 Å². The average Bonchev–Trinajstić information content (AvgIpc) is 2.28. The van der Waals surface area contributed by atoms with Gasteiger partial charge in [0.2, 0.25) is 0 Å². The van der Waals surface area contributed by atoms with Crippen molar-refractivity contribution in [3.05, 3.63) is 0 Å². The Morgan fingerprint density at radius 2 is 1.06 bits per heavy atom. The van der Waals surface area contributed by atoms with E-state index in [4.69, 9.17) is 0 Å². The van der Waals surface area contributed by atoms with Gasteiger partial charge in [-0.15, -0.1) is 0 Å². The highest BCUT2D eigenvalue weighted by molar-refractivity contribution is 6.73. The molecule has 3 nitrogen and oxygen atoms in total. The maximum absolute atomic E-state index is 2.71. The van der Waals surface area contributed by atoms with Crippen molar-refractivity contribution >= 4 is 8.56 Å². The maximum atomic E-state index is 2.71. The van der Waals surface area contributed by atoms with Gasteiger partial charge in [-0.3, -0.25) is 9.13 Å². The zero-order chi connectivity index (χ0) is 13.6. The van der Waals surface area contributed by atoms with Crippen LogP contribution in [0.3, 0.4) is 0 Å². The van der Waals surface area contributed by atoms with Crippen LogP contribution in [-0.2, 0) is 0 Å². The van der Waals surface area contributed by atoms with Crippen molar-refractivity contribution in [1.29, 1.82) is 0 Å². The molecule has 0 aliphatic rings. The van der Waals surface area contributed by atoms with Gasteiger partial charge in [-0.2, -0.15) is 0 Å². The molecule has 0 heterocycles. The van der Waals surface area contributed by atoms with E-state index in [1.54, 1.807) is 0 Å². The molecule has 0 radical (unpaired) electrons. The minimum atomic E-state index is -1.71. The molecule has 0 saturated carbocycles. The van der Waals surface area contributed by atoms with Crippen LogP contribution in [-0.4, -0.2) is 62.5 Å². The van der Waals surface area contributed by atoms with Gasteiger partial charge in [0, 0.05) is 0 Å². The summed E-state index contributed by atoms with van der Waals surface area (Å²) in [7, 11) is 2.82. The summed E-state index contributed by atoms with van der Waals surface area (Å²) in [4.78, 5) is 0. The second-order valence-electron chi connectivity index (χ2n) is 5.08. The molecule has 0 aromatic rings. The molecule has 0 atom stereocenters. The van der Waals surface area contributed by atoms with E-state index in [0.717, 1.165) is 26.2 Å². The standard InChI is InChI=1S/C13H33N3Si/c1-9-15(10-2)17(13(5)6,14(7)8)16(11-3)12-4/h13H,9-12H2,1-8H3. The lowest BCUT2D eigenvalue weighted by Crippen LogP contribution is -2.75. The molecule has 0 N–H and O–H groups in total. The van der Waals surface area contributed by atoms with Gasteiger partial charge in [0.1, 0.15) is 0 Å². The van der Waals surface area contributed by atoms with E-state index in [1.807, 2.05) is 0 Å². The Morgan fingerprint density at radius 3 is 1.18 bits per heavy atom. The molecule has 0 aromatic heterocycles. The summed E-state index contributed by atoms with van der Waals surface area (Å²) >= 11 is 0. The SMILES string of the molecule is CCN(CC)[Si](C(C)C)(N(C)C)N(CC)CC. The highest BCUT2D eigenvalue weighted by atomic mass is 28.4. The molecular formula is C13H33N3Si. The third-order valence-electron chi connectivity index (χ3n) is 3.89. The molecule has 0 spiro atoms. The molecule has 0 rings (SSSR count). The van der Waals surface area contributed by atoms with Crippen LogP contribution in [0.15, 0.2) is 0 Å². The summed E-state index contributed by atoms with van der Waals surface area (Å²) in [5, 5.41) is 0. The van der Waals surface area contributed by atoms with Crippen LogP contribution in [0.2, 0.25) is 5.54 Å². The van der Waals surface area contributed by atoms with E-state index in [-0.39, 0.29) is 0 Å². The van der Waals surface area contributed by atoms with Crippen molar-refractivity contribution < 1.29 is 0 Å². The lowest BCUT2D eigenvalue weighted by Gasteiger charge is -2.53. The van der Waals surface area contributed by atoms with E-state index in [0.29, 0.717) is 5.54 Å². The van der Waals surface area contributed by atoms with Gasteiger partial charge in [0.25, 0.3) is 8.56 Å². The van der Waals surface area contributed by atoms with Crippen molar-refractivity contribution in [2.75, 3.05) is 40.3 Å². The van der Waals surface area contributed by atoms with E-state index in [2.05, 4.69) is 69.3 Å². The number of hydrogen-bond donors (Lipinski definition) is 0.